The molecule has 0 aliphatic carbocycles. The zero-order valence-corrected chi connectivity index (χ0v) is 15.9. The topological polar surface area (TPSA) is 75.4 Å². The maximum absolute atomic E-state index is 13.2. The van der Waals surface area contributed by atoms with Crippen LogP contribution in [0, 0.1) is 0 Å². The summed E-state index contributed by atoms with van der Waals surface area (Å²) in [6.45, 7) is 1.82. The van der Waals surface area contributed by atoms with Gasteiger partial charge in [-0.3, -0.25) is 9.69 Å². The highest BCUT2D eigenvalue weighted by Crippen LogP contribution is 2.34. The largest absolute Gasteiger partial charge is 0.439 e. The summed E-state index contributed by atoms with van der Waals surface area (Å²) >= 11 is 5.96. The van der Waals surface area contributed by atoms with Crippen molar-refractivity contribution < 1.29 is 14.0 Å². The van der Waals surface area contributed by atoms with E-state index in [2.05, 4.69) is 10.3 Å². The molecule has 1 aliphatic heterocycles. The van der Waals surface area contributed by atoms with Crippen molar-refractivity contribution in [2.24, 2.45) is 0 Å². The third-order valence-corrected chi connectivity index (χ3v) is 5.20. The minimum absolute atomic E-state index is 0.0349. The Bertz CT molecular complexity index is 1020. The molecule has 4 rings (SSSR count). The molecule has 0 radical (unpaired) electrons. The molecule has 0 saturated carbocycles. The molecule has 7 heteroatoms. The summed E-state index contributed by atoms with van der Waals surface area (Å²) in [5.41, 5.74) is 0.455. The van der Waals surface area contributed by atoms with Gasteiger partial charge in [0, 0.05) is 10.6 Å². The van der Waals surface area contributed by atoms with Gasteiger partial charge >= 0.3 is 6.03 Å². The molecule has 1 N–H and O–H groups in total. The molecule has 3 aromatic rings. The quantitative estimate of drug-likeness (QED) is 0.651. The second-order valence-corrected chi connectivity index (χ2v) is 7.01. The van der Waals surface area contributed by atoms with E-state index >= 15 is 0 Å². The lowest BCUT2D eigenvalue weighted by Gasteiger charge is -2.25. The average Bonchev–Trinajstić information content (AvgIpc) is 3.28. The van der Waals surface area contributed by atoms with E-state index in [0.29, 0.717) is 28.7 Å². The number of nitrogens with zero attached hydrogens (tertiary/aromatic N) is 2. The van der Waals surface area contributed by atoms with E-state index < -0.39 is 11.6 Å². The minimum atomic E-state index is -1.11. The molecule has 1 atom stereocenters. The monoisotopic (exact) mass is 395 g/mol. The van der Waals surface area contributed by atoms with Crippen molar-refractivity contribution in [3.8, 4) is 11.3 Å². The third-order valence-electron chi connectivity index (χ3n) is 4.95. The van der Waals surface area contributed by atoms with Crippen molar-refractivity contribution in [3.63, 3.8) is 0 Å². The summed E-state index contributed by atoms with van der Waals surface area (Å²) in [4.78, 5) is 31.1. The number of benzene rings is 2. The number of halogens is 1. The predicted octanol–water partition coefficient (Wildman–Crippen LogP) is 4.35. The highest BCUT2D eigenvalue weighted by atomic mass is 35.5. The SMILES string of the molecule is CCC1(c2ccc(Cl)cc2)NC(=O)N(Cc2ncc(-c3ccccc3)o2)C1=O. The second-order valence-electron chi connectivity index (χ2n) is 6.57. The van der Waals surface area contributed by atoms with E-state index in [1.54, 1.807) is 30.5 Å². The normalized spacial score (nSPS) is 19.1. The lowest BCUT2D eigenvalue weighted by molar-refractivity contribution is -0.132. The average molecular weight is 396 g/mol. The zero-order chi connectivity index (χ0) is 19.7. The summed E-state index contributed by atoms with van der Waals surface area (Å²) in [6.07, 6.45) is 2.01. The number of amides is 3. The van der Waals surface area contributed by atoms with Crippen LogP contribution in [0.3, 0.4) is 0 Å². The Balaban J connectivity index is 1.59. The molecule has 1 saturated heterocycles. The van der Waals surface area contributed by atoms with Crippen molar-refractivity contribution in [2.45, 2.75) is 25.4 Å². The van der Waals surface area contributed by atoms with Crippen LogP contribution in [-0.2, 0) is 16.9 Å². The Morgan fingerprint density at radius 1 is 1.11 bits per heavy atom. The van der Waals surface area contributed by atoms with Crippen LogP contribution in [0.2, 0.25) is 5.02 Å². The molecule has 0 spiro atoms. The van der Waals surface area contributed by atoms with Gasteiger partial charge in [-0.05, 0) is 24.1 Å². The number of hydrogen-bond acceptors (Lipinski definition) is 4. The van der Waals surface area contributed by atoms with Gasteiger partial charge in [0.2, 0.25) is 5.89 Å². The smallest absolute Gasteiger partial charge is 0.325 e. The molecule has 2 heterocycles. The number of imide groups is 1. The summed E-state index contributed by atoms with van der Waals surface area (Å²) < 4.78 is 5.75. The lowest BCUT2D eigenvalue weighted by atomic mass is 9.87. The van der Waals surface area contributed by atoms with Gasteiger partial charge < -0.3 is 9.73 Å². The first-order valence-electron chi connectivity index (χ1n) is 8.94. The molecule has 1 aliphatic rings. The van der Waals surface area contributed by atoms with E-state index in [-0.39, 0.29) is 12.5 Å². The highest BCUT2D eigenvalue weighted by molar-refractivity contribution is 6.30. The lowest BCUT2D eigenvalue weighted by Crippen LogP contribution is -2.43. The summed E-state index contributed by atoms with van der Waals surface area (Å²) in [5.74, 6) is 0.550. The molecule has 0 bridgehead atoms. The van der Waals surface area contributed by atoms with Crippen molar-refractivity contribution in [1.29, 1.82) is 0 Å². The van der Waals surface area contributed by atoms with Crippen LogP contribution in [0.15, 0.2) is 65.2 Å². The van der Waals surface area contributed by atoms with Crippen LogP contribution in [0.5, 0.6) is 0 Å². The Morgan fingerprint density at radius 2 is 1.82 bits per heavy atom. The van der Waals surface area contributed by atoms with Crippen molar-refractivity contribution in [2.75, 3.05) is 0 Å². The number of oxazole rings is 1. The van der Waals surface area contributed by atoms with E-state index in [1.165, 1.54) is 0 Å². The van der Waals surface area contributed by atoms with Crippen LogP contribution in [-0.4, -0.2) is 21.8 Å². The van der Waals surface area contributed by atoms with Crippen LogP contribution >= 0.6 is 11.6 Å². The van der Waals surface area contributed by atoms with E-state index in [9.17, 15) is 9.59 Å². The molecule has 3 amide bonds. The summed E-state index contributed by atoms with van der Waals surface area (Å²) in [7, 11) is 0. The first kappa shape index (κ1) is 18.3. The van der Waals surface area contributed by atoms with Crippen molar-refractivity contribution >= 4 is 23.5 Å². The van der Waals surface area contributed by atoms with Crippen LogP contribution in [0.1, 0.15) is 24.8 Å². The summed E-state index contributed by atoms with van der Waals surface area (Å²) in [6, 6.07) is 16.0. The fraction of sp³-hybridized carbons (Fsp3) is 0.190. The zero-order valence-electron chi connectivity index (χ0n) is 15.2. The number of aromatic nitrogens is 1. The summed E-state index contributed by atoms with van der Waals surface area (Å²) in [5, 5.41) is 3.40. The van der Waals surface area contributed by atoms with Crippen molar-refractivity contribution in [1.82, 2.24) is 15.2 Å². The van der Waals surface area contributed by atoms with Gasteiger partial charge in [-0.1, -0.05) is 61.0 Å². The molecule has 1 unspecified atom stereocenters. The highest BCUT2D eigenvalue weighted by Gasteiger charge is 2.51. The van der Waals surface area contributed by atoms with Crippen LogP contribution < -0.4 is 5.32 Å². The third kappa shape index (κ3) is 3.05. The van der Waals surface area contributed by atoms with E-state index in [1.807, 2.05) is 37.3 Å². The van der Waals surface area contributed by atoms with Crippen molar-refractivity contribution in [3.05, 3.63) is 77.3 Å². The molecule has 142 valence electrons. The molecule has 6 nitrogen and oxygen atoms in total. The fourth-order valence-corrected chi connectivity index (χ4v) is 3.52. The van der Waals surface area contributed by atoms with Gasteiger partial charge in [-0.25, -0.2) is 9.78 Å². The number of nitrogens with one attached hydrogen (secondary N) is 1. The number of carbonyl (C=O) groups excluding carboxylic acids is 2. The number of carbonyl (C=O) groups is 2. The van der Waals surface area contributed by atoms with E-state index in [4.69, 9.17) is 16.0 Å². The van der Waals surface area contributed by atoms with Gasteiger partial charge in [0.15, 0.2) is 5.76 Å². The molecule has 2 aromatic carbocycles. The molecular formula is C21H18ClN3O3. The maximum atomic E-state index is 13.2. The Kier molecular flexibility index (Phi) is 4.65. The molecule has 1 fully saturated rings. The van der Waals surface area contributed by atoms with Gasteiger partial charge in [0.25, 0.3) is 5.91 Å². The van der Waals surface area contributed by atoms with Gasteiger partial charge in [-0.2, -0.15) is 0 Å². The Hall–Kier alpha value is -3.12. The van der Waals surface area contributed by atoms with Gasteiger partial charge in [-0.15, -0.1) is 0 Å². The minimum Gasteiger partial charge on any atom is -0.439 e. The number of rotatable bonds is 5. The van der Waals surface area contributed by atoms with E-state index in [0.717, 1.165) is 10.5 Å². The van der Waals surface area contributed by atoms with Crippen LogP contribution in [0.4, 0.5) is 4.79 Å². The number of hydrogen-bond donors (Lipinski definition) is 1. The maximum Gasteiger partial charge on any atom is 0.325 e. The Labute approximate surface area is 167 Å². The predicted molar refractivity (Wildman–Crippen MR) is 104 cm³/mol. The first-order valence-corrected chi connectivity index (χ1v) is 9.31. The van der Waals surface area contributed by atoms with Gasteiger partial charge in [0.05, 0.1) is 6.20 Å². The molecule has 28 heavy (non-hydrogen) atoms. The second kappa shape index (κ2) is 7.13. The van der Waals surface area contributed by atoms with Gasteiger partial charge in [0.1, 0.15) is 12.1 Å². The standard InChI is InChI=1S/C21H18ClN3O3/c1-2-21(15-8-10-16(22)11-9-15)19(26)25(20(27)24-21)13-18-23-12-17(28-18)14-6-4-3-5-7-14/h3-12H,2,13H2,1H3,(H,24,27). The number of urea groups is 1. The molecule has 1 aromatic heterocycles. The Morgan fingerprint density at radius 3 is 2.50 bits per heavy atom. The molecular weight excluding hydrogens is 378 g/mol. The fourth-order valence-electron chi connectivity index (χ4n) is 3.40. The van der Waals surface area contributed by atoms with Crippen LogP contribution in [0.25, 0.3) is 11.3 Å². The first-order chi connectivity index (χ1) is 13.5.